The fraction of sp³-hybridized carbons (Fsp3) is 0.333. The second-order valence-electron chi connectivity index (χ2n) is 1.75. The Morgan fingerprint density at radius 1 is 1.50 bits per heavy atom. The molecule has 0 aliphatic heterocycles. The molecular weight excluding hydrogens is 72.1 g/mol. The first-order valence-corrected chi connectivity index (χ1v) is 1.91. The molecule has 0 aliphatic carbocycles. The Morgan fingerprint density at radius 2 is 1.67 bits per heavy atom. The third-order valence-electron chi connectivity index (χ3n) is 0.530. The third-order valence-corrected chi connectivity index (χ3v) is 0.530. The van der Waals surface area contributed by atoms with Gasteiger partial charge in [0.2, 0.25) is 0 Å². The zero-order valence-electron chi connectivity index (χ0n) is 4.04. The molecule has 0 rings (SSSR count). The standard InChI is InChI=1S/C6H10/c1-5-6(2,3)4/h1-5H2. The van der Waals surface area contributed by atoms with Crippen LogP contribution in [0, 0.1) is 33.1 Å². The van der Waals surface area contributed by atoms with Crippen LogP contribution in [0.1, 0.15) is 6.42 Å². The van der Waals surface area contributed by atoms with E-state index in [1.165, 1.54) is 0 Å². The Bertz CT molecular complexity index is 29.8. The summed E-state index contributed by atoms with van der Waals surface area (Å²) in [6, 6.07) is 0. The minimum absolute atomic E-state index is 0.319. The molecule has 0 amide bonds. The first-order chi connectivity index (χ1) is 2.56. The molecule has 0 bridgehead atoms. The molecule has 6 heavy (non-hydrogen) atoms. The van der Waals surface area contributed by atoms with Gasteiger partial charge in [-0.15, -0.1) is 6.42 Å². The summed E-state index contributed by atoms with van der Waals surface area (Å²) in [5.41, 5.74) is -0.319. The van der Waals surface area contributed by atoms with Gasteiger partial charge >= 0.3 is 0 Å². The Balaban J connectivity index is 3.17. The van der Waals surface area contributed by atoms with E-state index < -0.39 is 0 Å². The average Bonchev–Trinajstić information content (AvgIpc) is 1.35. The molecule has 0 nitrogen and oxygen atoms in total. The summed E-state index contributed by atoms with van der Waals surface area (Å²) in [6.45, 7) is 14.4. The molecule has 0 heterocycles. The zero-order valence-corrected chi connectivity index (χ0v) is 4.04. The zero-order chi connectivity index (χ0) is 5.21. The summed E-state index contributed by atoms with van der Waals surface area (Å²) in [4.78, 5) is 0. The lowest BCUT2D eigenvalue weighted by Gasteiger charge is -2.09. The van der Waals surface area contributed by atoms with E-state index in [1.54, 1.807) is 0 Å². The summed E-state index contributed by atoms with van der Waals surface area (Å²) in [7, 11) is 0. The van der Waals surface area contributed by atoms with Gasteiger partial charge in [-0.1, -0.05) is 0 Å². The molecule has 0 atom stereocenters. The van der Waals surface area contributed by atoms with E-state index in [9.17, 15) is 0 Å². The lowest BCUT2D eigenvalue weighted by molar-refractivity contribution is 0.623. The first-order valence-electron chi connectivity index (χ1n) is 1.91. The molecule has 0 aromatic heterocycles. The van der Waals surface area contributed by atoms with Crippen molar-refractivity contribution in [3.8, 4) is 0 Å². The van der Waals surface area contributed by atoms with Crippen molar-refractivity contribution in [1.29, 1.82) is 0 Å². The Kier molecular flexibility index (Phi) is 1.40. The maximum Gasteiger partial charge on any atom is 0.0914 e. The molecule has 0 radical (unpaired) electrons. The van der Waals surface area contributed by atoms with Crippen molar-refractivity contribution in [3.63, 3.8) is 0 Å². The smallest absolute Gasteiger partial charge is 0.0914 e. The molecule has 0 spiro atoms. The normalized spacial score (nSPS) is 11.7. The van der Waals surface area contributed by atoms with Gasteiger partial charge in [-0.25, -0.2) is 6.92 Å². The first kappa shape index (κ1) is 5.74. The Labute approximate surface area is 40.6 Å². The maximum atomic E-state index is 3.60. The van der Waals surface area contributed by atoms with Crippen LogP contribution in [-0.2, 0) is 0 Å². The molecule has 0 unspecified atom stereocenters. The predicted octanol–water partition coefficient (Wildman–Crippen LogP) is 1.70. The molecule has 0 aromatic carbocycles. The van der Waals surface area contributed by atoms with Crippen LogP contribution in [0.2, 0.25) is 0 Å². The lowest BCUT2D eigenvalue weighted by atomic mass is 9.94. The highest BCUT2D eigenvalue weighted by atomic mass is 14.1. The largest absolute Gasteiger partial charge is 0.337 e. The van der Waals surface area contributed by atoms with E-state index in [-0.39, 0.29) is 5.41 Å². The van der Waals surface area contributed by atoms with Crippen LogP contribution in [-0.4, -0.2) is 0 Å². The van der Waals surface area contributed by atoms with E-state index >= 15 is 0 Å². The third kappa shape index (κ3) is 3.74. The van der Waals surface area contributed by atoms with Crippen LogP contribution in [0.15, 0.2) is 0 Å². The van der Waals surface area contributed by atoms with Crippen molar-refractivity contribution in [2.24, 2.45) is 5.41 Å². The summed E-state index contributed by atoms with van der Waals surface area (Å²) >= 11 is 0. The summed E-state index contributed by atoms with van der Waals surface area (Å²) < 4.78 is 0. The van der Waals surface area contributed by atoms with Crippen molar-refractivity contribution in [3.05, 3.63) is 27.7 Å². The predicted molar refractivity (Wildman–Crippen MR) is 28.5 cm³/mol. The SMILES string of the molecule is [CH2+]C([CH2+])([CH2-])C[CH2-]. The average molecular weight is 82.1 g/mol. The van der Waals surface area contributed by atoms with Crippen LogP contribution in [0.4, 0.5) is 0 Å². The highest BCUT2D eigenvalue weighted by Crippen LogP contribution is 2.13. The highest BCUT2D eigenvalue weighted by Gasteiger charge is 2.08. The maximum absolute atomic E-state index is 3.60. The van der Waals surface area contributed by atoms with Crippen molar-refractivity contribution < 1.29 is 0 Å². The van der Waals surface area contributed by atoms with Gasteiger partial charge in [0.25, 0.3) is 0 Å². The second-order valence-corrected chi connectivity index (χ2v) is 1.75. The molecular formula is C6H10. The molecule has 0 saturated carbocycles. The fourth-order valence-electron chi connectivity index (χ4n) is 0. The van der Waals surface area contributed by atoms with Gasteiger partial charge in [-0.3, -0.25) is 0 Å². The second kappa shape index (κ2) is 1.46. The van der Waals surface area contributed by atoms with Crippen LogP contribution < -0.4 is 0 Å². The lowest BCUT2D eigenvalue weighted by Crippen LogP contribution is -2.02. The summed E-state index contributed by atoms with van der Waals surface area (Å²) in [6.07, 6.45) is 0.688. The van der Waals surface area contributed by atoms with Crippen molar-refractivity contribution in [2.75, 3.05) is 0 Å². The van der Waals surface area contributed by atoms with E-state index in [0.717, 1.165) is 0 Å². The van der Waals surface area contributed by atoms with Gasteiger partial charge in [0.05, 0.1) is 19.3 Å². The van der Waals surface area contributed by atoms with Crippen molar-refractivity contribution in [1.82, 2.24) is 0 Å². The monoisotopic (exact) mass is 82.1 g/mol. The van der Waals surface area contributed by atoms with Crippen LogP contribution in [0.3, 0.4) is 0 Å². The molecule has 0 aromatic rings. The fourth-order valence-corrected chi connectivity index (χ4v) is 0. The molecule has 0 fully saturated rings. The minimum atomic E-state index is -0.319. The van der Waals surface area contributed by atoms with E-state index in [2.05, 4.69) is 27.7 Å². The van der Waals surface area contributed by atoms with E-state index in [0.29, 0.717) is 6.42 Å². The van der Waals surface area contributed by atoms with Crippen LogP contribution in [0.5, 0.6) is 0 Å². The quantitative estimate of drug-likeness (QED) is 0.422. The van der Waals surface area contributed by atoms with E-state index in [4.69, 9.17) is 0 Å². The molecule has 0 aliphatic rings. The number of hydrogen-bond donors (Lipinski definition) is 0. The van der Waals surface area contributed by atoms with Gasteiger partial charge in [-0.05, 0) is 0 Å². The van der Waals surface area contributed by atoms with Gasteiger partial charge in [0.1, 0.15) is 0 Å². The minimum Gasteiger partial charge on any atom is -0.337 e. The van der Waals surface area contributed by atoms with Gasteiger partial charge < -0.3 is 6.92 Å². The summed E-state index contributed by atoms with van der Waals surface area (Å²) in [5, 5.41) is 0. The van der Waals surface area contributed by atoms with Gasteiger partial charge in [-0.2, -0.15) is 0 Å². The highest BCUT2D eigenvalue weighted by molar-refractivity contribution is 4.86. The number of rotatable bonds is 1. The molecule has 0 saturated heterocycles. The Hall–Kier alpha value is -0.260. The summed E-state index contributed by atoms with van der Waals surface area (Å²) in [5.74, 6) is 0. The van der Waals surface area contributed by atoms with Gasteiger partial charge in [0, 0.05) is 0 Å². The van der Waals surface area contributed by atoms with Crippen molar-refractivity contribution >= 4 is 0 Å². The number of hydrogen-bond acceptors (Lipinski definition) is 0. The van der Waals surface area contributed by atoms with E-state index in [1.807, 2.05) is 0 Å². The topological polar surface area (TPSA) is 0 Å². The van der Waals surface area contributed by atoms with Gasteiger partial charge in [0.15, 0.2) is 0 Å². The molecule has 0 heteroatoms. The van der Waals surface area contributed by atoms with Crippen LogP contribution >= 0.6 is 0 Å². The van der Waals surface area contributed by atoms with Crippen molar-refractivity contribution in [2.45, 2.75) is 6.42 Å². The molecule has 34 valence electrons. The Morgan fingerprint density at radius 3 is 1.67 bits per heavy atom. The molecule has 0 N–H and O–H groups in total. The van der Waals surface area contributed by atoms with Crippen LogP contribution in [0.25, 0.3) is 0 Å².